The van der Waals surface area contributed by atoms with Crippen molar-refractivity contribution in [2.75, 3.05) is 6.79 Å². The number of benzene rings is 3. The fraction of sp³-hybridized carbons (Fsp3) is 0.143. The van der Waals surface area contributed by atoms with Gasteiger partial charge in [-0.3, -0.25) is 19.5 Å². The highest BCUT2D eigenvalue weighted by Gasteiger charge is 2.33. The Morgan fingerprint density at radius 3 is 2.66 bits per heavy atom. The van der Waals surface area contributed by atoms with Crippen LogP contribution in [0.1, 0.15) is 34.7 Å². The quantitative estimate of drug-likeness (QED) is 0.278. The van der Waals surface area contributed by atoms with Gasteiger partial charge in [0.15, 0.2) is 16.3 Å². The first-order valence-electron chi connectivity index (χ1n) is 11.9. The van der Waals surface area contributed by atoms with Gasteiger partial charge in [-0.1, -0.05) is 65.4 Å². The van der Waals surface area contributed by atoms with Crippen molar-refractivity contribution < 1.29 is 14.4 Å². The van der Waals surface area contributed by atoms with Gasteiger partial charge in [-0.05, 0) is 47.8 Å². The second kappa shape index (κ2) is 8.68. The van der Waals surface area contributed by atoms with Crippen molar-refractivity contribution in [1.82, 2.24) is 4.57 Å². The van der Waals surface area contributed by atoms with Crippen molar-refractivity contribution in [2.24, 2.45) is 4.99 Å². The van der Waals surface area contributed by atoms with Crippen LogP contribution in [0.5, 0.6) is 11.5 Å². The fourth-order valence-corrected chi connectivity index (χ4v) is 6.59. The van der Waals surface area contributed by atoms with Gasteiger partial charge in [-0.15, -0.1) is 0 Å². The minimum Gasteiger partial charge on any atom is -0.454 e. The van der Waals surface area contributed by atoms with Crippen LogP contribution in [0, 0.1) is 10.1 Å². The van der Waals surface area contributed by atoms with E-state index in [1.807, 2.05) is 36.4 Å². The van der Waals surface area contributed by atoms with Crippen LogP contribution in [0.4, 0.5) is 5.69 Å². The van der Waals surface area contributed by atoms with E-state index >= 15 is 0 Å². The van der Waals surface area contributed by atoms with E-state index in [0.29, 0.717) is 25.9 Å². The van der Waals surface area contributed by atoms with Gasteiger partial charge in [0.1, 0.15) is 0 Å². The molecule has 0 spiro atoms. The molecule has 0 N–H and O–H groups in total. The van der Waals surface area contributed by atoms with Gasteiger partial charge in [0.05, 0.1) is 32.8 Å². The molecule has 1 aromatic heterocycles. The summed E-state index contributed by atoms with van der Waals surface area (Å²) in [7, 11) is 0. The van der Waals surface area contributed by atoms with E-state index in [4.69, 9.17) is 26.1 Å². The number of hydrogen-bond acceptors (Lipinski definition) is 7. The van der Waals surface area contributed by atoms with Crippen molar-refractivity contribution in [1.29, 1.82) is 0 Å². The molecule has 2 aliphatic heterocycles. The highest BCUT2D eigenvalue weighted by atomic mass is 35.5. The average molecular weight is 544 g/mol. The van der Waals surface area contributed by atoms with E-state index < -0.39 is 11.0 Å². The Bertz CT molecular complexity index is 1890. The van der Waals surface area contributed by atoms with Gasteiger partial charge in [0.25, 0.3) is 11.2 Å². The Kier molecular flexibility index (Phi) is 5.24. The second-order valence-electron chi connectivity index (χ2n) is 9.16. The predicted molar refractivity (Wildman–Crippen MR) is 143 cm³/mol. The molecule has 0 saturated carbocycles. The maximum atomic E-state index is 13.9. The standard InChI is InChI=1S/C28H18ClN3O5S/c29-20-8-4-3-7-18(20)26-19-10-9-15-5-1-2-6-17(15)25(19)30-28-31(26)27(33)24(38-28)12-16-11-22-23(37-14-36-22)13-21(16)32(34)35/h1-8,11-13,26H,9-10,14H2/b24-12-/t26-/m0/s1. The summed E-state index contributed by atoms with van der Waals surface area (Å²) in [4.78, 5) is 30.8. The molecule has 0 bridgehead atoms. The maximum absolute atomic E-state index is 13.9. The van der Waals surface area contributed by atoms with Crippen LogP contribution in [0.15, 0.2) is 76.0 Å². The van der Waals surface area contributed by atoms with E-state index in [9.17, 15) is 14.9 Å². The van der Waals surface area contributed by atoms with Crippen LogP contribution in [0.25, 0.3) is 11.8 Å². The number of hydrogen-bond donors (Lipinski definition) is 0. The number of rotatable bonds is 3. The van der Waals surface area contributed by atoms with Crippen LogP contribution in [-0.2, 0) is 6.42 Å². The van der Waals surface area contributed by atoms with Crippen LogP contribution in [0.2, 0.25) is 5.02 Å². The summed E-state index contributed by atoms with van der Waals surface area (Å²) in [6, 6.07) is 18.1. The lowest BCUT2D eigenvalue weighted by atomic mass is 9.83. The van der Waals surface area contributed by atoms with E-state index in [0.717, 1.165) is 35.2 Å². The number of halogens is 1. The molecule has 3 aliphatic rings. The molecule has 4 aromatic rings. The lowest BCUT2D eigenvalue weighted by Crippen LogP contribution is -2.38. The predicted octanol–water partition coefficient (Wildman–Crippen LogP) is 4.61. The molecule has 0 amide bonds. The third-order valence-corrected chi connectivity index (χ3v) is 8.41. The lowest BCUT2D eigenvalue weighted by molar-refractivity contribution is -0.385. The molecule has 7 rings (SSSR count). The first-order valence-corrected chi connectivity index (χ1v) is 13.1. The van der Waals surface area contributed by atoms with Gasteiger partial charge in [0, 0.05) is 10.6 Å². The average Bonchev–Trinajstić information content (AvgIpc) is 3.51. The summed E-state index contributed by atoms with van der Waals surface area (Å²) >= 11 is 7.88. The Hall–Kier alpha value is -4.21. The number of fused-ring (bicyclic) bond motifs is 4. The van der Waals surface area contributed by atoms with E-state index in [1.54, 1.807) is 4.57 Å². The topological polar surface area (TPSA) is 96.0 Å². The Balaban J connectivity index is 1.50. The van der Waals surface area contributed by atoms with Gasteiger partial charge in [-0.2, -0.15) is 0 Å². The zero-order chi connectivity index (χ0) is 26.0. The highest BCUT2D eigenvalue weighted by molar-refractivity contribution is 7.07. The van der Waals surface area contributed by atoms with Crippen LogP contribution in [0.3, 0.4) is 0 Å². The molecule has 0 radical (unpaired) electrons. The first kappa shape index (κ1) is 22.9. The van der Waals surface area contributed by atoms with E-state index in [1.165, 1.54) is 35.1 Å². The third kappa shape index (κ3) is 3.50. The van der Waals surface area contributed by atoms with Crippen LogP contribution >= 0.6 is 22.9 Å². The maximum Gasteiger partial charge on any atom is 0.280 e. The molecule has 1 aliphatic carbocycles. The number of aryl methyl sites for hydroxylation is 1. The number of nitro groups is 1. The first-order chi connectivity index (χ1) is 18.5. The van der Waals surface area contributed by atoms with Gasteiger partial charge in [0.2, 0.25) is 6.79 Å². The SMILES string of the molecule is O=c1/c(=C/c2cc3c(cc2[N+](=O)[O-])OCO3)sc2n1[C@@H](c1ccccc1Cl)C1=C(N=2)c2ccccc2CC1. The third-order valence-electron chi connectivity index (χ3n) is 7.08. The summed E-state index contributed by atoms with van der Waals surface area (Å²) in [5.41, 5.74) is 4.78. The molecule has 188 valence electrons. The molecule has 3 aromatic carbocycles. The Morgan fingerprint density at radius 1 is 1.08 bits per heavy atom. The largest absolute Gasteiger partial charge is 0.454 e. The van der Waals surface area contributed by atoms with Gasteiger partial charge < -0.3 is 9.47 Å². The lowest BCUT2D eigenvalue weighted by Gasteiger charge is -2.31. The molecule has 0 unspecified atom stereocenters. The van der Waals surface area contributed by atoms with Crippen molar-refractivity contribution in [3.05, 3.63) is 123 Å². The summed E-state index contributed by atoms with van der Waals surface area (Å²) in [6.07, 6.45) is 3.10. The van der Waals surface area contributed by atoms with Gasteiger partial charge in [-0.25, -0.2) is 4.99 Å². The molecule has 1 atom stereocenters. The molecular weight excluding hydrogens is 526 g/mol. The molecule has 3 heterocycles. The van der Waals surface area contributed by atoms with Crippen LogP contribution < -0.4 is 24.4 Å². The Morgan fingerprint density at radius 2 is 1.84 bits per heavy atom. The summed E-state index contributed by atoms with van der Waals surface area (Å²) in [6.45, 7) is -0.0109. The molecule has 0 fully saturated rings. The second-order valence-corrected chi connectivity index (χ2v) is 10.6. The van der Waals surface area contributed by atoms with E-state index in [2.05, 4.69) is 12.1 Å². The fourth-order valence-electron chi connectivity index (χ4n) is 5.36. The number of aromatic nitrogens is 1. The summed E-state index contributed by atoms with van der Waals surface area (Å²) in [5, 5.41) is 12.4. The monoisotopic (exact) mass is 543 g/mol. The normalized spacial score (nSPS) is 17.5. The van der Waals surface area contributed by atoms with Crippen molar-refractivity contribution >= 4 is 40.4 Å². The highest BCUT2D eigenvalue weighted by Crippen LogP contribution is 2.43. The molecule has 8 nitrogen and oxygen atoms in total. The number of nitrogens with zero attached hydrogens (tertiary/aromatic N) is 3. The minimum atomic E-state index is -0.493. The zero-order valence-corrected chi connectivity index (χ0v) is 21.3. The van der Waals surface area contributed by atoms with Crippen molar-refractivity contribution in [2.45, 2.75) is 18.9 Å². The summed E-state index contributed by atoms with van der Waals surface area (Å²) in [5.74, 6) is 0.705. The molecular formula is C28H18ClN3O5S. The van der Waals surface area contributed by atoms with Crippen molar-refractivity contribution in [3.63, 3.8) is 0 Å². The van der Waals surface area contributed by atoms with Crippen LogP contribution in [-0.4, -0.2) is 16.3 Å². The molecule has 38 heavy (non-hydrogen) atoms. The zero-order valence-electron chi connectivity index (χ0n) is 19.7. The summed E-state index contributed by atoms with van der Waals surface area (Å²) < 4.78 is 12.7. The van der Waals surface area contributed by atoms with Crippen molar-refractivity contribution in [3.8, 4) is 11.5 Å². The number of ether oxygens (including phenoxy) is 2. The van der Waals surface area contributed by atoms with Gasteiger partial charge >= 0.3 is 0 Å². The number of allylic oxidation sites excluding steroid dienone is 1. The number of nitro benzene ring substituents is 1. The number of thiazole rings is 1. The van der Waals surface area contributed by atoms with E-state index in [-0.39, 0.29) is 23.6 Å². The minimum absolute atomic E-state index is 0.0109. The Labute approximate surface area is 224 Å². The smallest absolute Gasteiger partial charge is 0.280 e. The molecule has 10 heteroatoms. The molecule has 0 saturated heterocycles.